The van der Waals surface area contributed by atoms with Crippen molar-refractivity contribution in [1.29, 1.82) is 0 Å². The van der Waals surface area contributed by atoms with Crippen LogP contribution in [0.15, 0.2) is 63.0 Å². The summed E-state index contributed by atoms with van der Waals surface area (Å²) in [6.07, 6.45) is 5.01. The Morgan fingerprint density at radius 1 is 1.08 bits per heavy atom. The van der Waals surface area contributed by atoms with Crippen molar-refractivity contribution in [1.82, 2.24) is 15.6 Å². The average Bonchev–Trinajstić information content (AvgIpc) is 2.65. The molecule has 0 unspecified atom stereocenters. The summed E-state index contributed by atoms with van der Waals surface area (Å²) in [5, 5.41) is 6.70. The van der Waals surface area contributed by atoms with E-state index in [1.165, 1.54) is 15.8 Å². The maximum Gasteiger partial charge on any atom is 0.190 e. The highest BCUT2D eigenvalue weighted by atomic mass is 127. The normalized spacial score (nSPS) is 10.9. The quantitative estimate of drug-likeness (QED) is 0.156. The van der Waals surface area contributed by atoms with Crippen molar-refractivity contribution in [3.05, 3.63) is 58.8 Å². The fourth-order valence-corrected chi connectivity index (χ4v) is 3.83. The van der Waals surface area contributed by atoms with Crippen molar-refractivity contribution < 1.29 is 0 Å². The fraction of sp³-hybridized carbons (Fsp3) is 0.368. The first-order valence-electron chi connectivity index (χ1n) is 8.51. The van der Waals surface area contributed by atoms with E-state index < -0.39 is 0 Å². The number of pyridine rings is 1. The predicted octanol–water partition coefficient (Wildman–Crippen LogP) is 4.74. The van der Waals surface area contributed by atoms with Gasteiger partial charge in [-0.2, -0.15) is 0 Å². The monoisotopic (exact) mass is 548 g/mol. The molecular formula is C19H26BrIN4S. The third-order valence-corrected chi connectivity index (χ3v) is 5.69. The number of halogens is 2. The molecule has 4 nitrogen and oxygen atoms in total. The molecule has 0 aliphatic carbocycles. The molecule has 26 heavy (non-hydrogen) atoms. The summed E-state index contributed by atoms with van der Waals surface area (Å²) in [5.74, 6) is 1.98. The molecule has 0 fully saturated rings. The maximum atomic E-state index is 4.32. The molecule has 0 radical (unpaired) electrons. The standard InChI is InChI=1S/C19H25BrN4S.HI/c1-21-19(24-14-11-16-8-4-5-12-22-16)23-13-6-7-15-25-18-10-3-2-9-17(18)20;/h2-5,8-10,12H,6-7,11,13-15H2,1H3,(H2,21,23,24);1H. The van der Waals surface area contributed by atoms with E-state index in [9.17, 15) is 0 Å². The topological polar surface area (TPSA) is 49.3 Å². The van der Waals surface area contributed by atoms with Crippen LogP contribution in [-0.2, 0) is 6.42 Å². The number of hydrogen-bond acceptors (Lipinski definition) is 3. The van der Waals surface area contributed by atoms with E-state index in [1.54, 1.807) is 7.05 Å². The lowest BCUT2D eigenvalue weighted by Crippen LogP contribution is -2.38. The summed E-state index contributed by atoms with van der Waals surface area (Å²) in [6.45, 7) is 1.76. The summed E-state index contributed by atoms with van der Waals surface area (Å²) in [6, 6.07) is 14.4. The molecule has 0 saturated heterocycles. The van der Waals surface area contributed by atoms with Crippen molar-refractivity contribution in [3.8, 4) is 0 Å². The Bertz CT molecular complexity index is 655. The van der Waals surface area contributed by atoms with E-state index in [1.807, 2.05) is 42.2 Å². The minimum absolute atomic E-state index is 0. The highest BCUT2D eigenvalue weighted by Crippen LogP contribution is 2.27. The van der Waals surface area contributed by atoms with Gasteiger partial charge in [0.2, 0.25) is 0 Å². The van der Waals surface area contributed by atoms with Gasteiger partial charge in [0.1, 0.15) is 0 Å². The van der Waals surface area contributed by atoms with Crippen molar-refractivity contribution in [2.45, 2.75) is 24.2 Å². The zero-order valence-corrected chi connectivity index (χ0v) is 19.7. The third kappa shape index (κ3) is 9.23. The number of aromatic nitrogens is 1. The largest absolute Gasteiger partial charge is 0.356 e. The van der Waals surface area contributed by atoms with Gasteiger partial charge in [-0.15, -0.1) is 35.7 Å². The van der Waals surface area contributed by atoms with Gasteiger partial charge in [-0.1, -0.05) is 18.2 Å². The van der Waals surface area contributed by atoms with Crippen molar-refractivity contribution in [2.24, 2.45) is 4.99 Å². The van der Waals surface area contributed by atoms with Crippen LogP contribution in [0.4, 0.5) is 0 Å². The number of benzene rings is 1. The van der Waals surface area contributed by atoms with Gasteiger partial charge >= 0.3 is 0 Å². The van der Waals surface area contributed by atoms with Crippen LogP contribution in [0.3, 0.4) is 0 Å². The Morgan fingerprint density at radius 2 is 1.85 bits per heavy atom. The molecule has 0 bridgehead atoms. The molecule has 1 aromatic heterocycles. The first kappa shape index (κ1) is 23.2. The van der Waals surface area contributed by atoms with E-state index in [2.05, 4.69) is 54.7 Å². The Hall–Kier alpha value is -0.800. The van der Waals surface area contributed by atoms with Gasteiger partial charge < -0.3 is 10.6 Å². The molecule has 0 spiro atoms. The molecule has 0 saturated carbocycles. The van der Waals surface area contributed by atoms with Crippen LogP contribution in [0.2, 0.25) is 0 Å². The molecule has 2 N–H and O–H groups in total. The minimum atomic E-state index is 0. The lowest BCUT2D eigenvalue weighted by molar-refractivity contribution is 0.728. The van der Waals surface area contributed by atoms with Gasteiger partial charge in [-0.25, -0.2) is 0 Å². The van der Waals surface area contributed by atoms with Gasteiger partial charge in [0, 0.05) is 47.8 Å². The number of rotatable bonds is 9. The van der Waals surface area contributed by atoms with Crippen LogP contribution in [-0.4, -0.2) is 36.8 Å². The number of nitrogens with one attached hydrogen (secondary N) is 2. The van der Waals surface area contributed by atoms with Crippen LogP contribution in [0.25, 0.3) is 0 Å². The number of thioether (sulfide) groups is 1. The minimum Gasteiger partial charge on any atom is -0.356 e. The van der Waals surface area contributed by atoms with E-state index in [4.69, 9.17) is 0 Å². The summed E-state index contributed by atoms with van der Waals surface area (Å²) in [4.78, 5) is 9.89. The molecular weight excluding hydrogens is 523 g/mol. The second-order valence-electron chi connectivity index (χ2n) is 5.48. The number of nitrogens with zero attached hydrogens (tertiary/aromatic N) is 2. The number of aliphatic imine (C=N–C) groups is 1. The highest BCUT2D eigenvalue weighted by molar-refractivity contribution is 14.0. The molecule has 1 heterocycles. The van der Waals surface area contributed by atoms with E-state index in [0.717, 1.165) is 43.3 Å². The Morgan fingerprint density at radius 3 is 2.58 bits per heavy atom. The van der Waals surface area contributed by atoms with Gasteiger partial charge in [0.25, 0.3) is 0 Å². The maximum absolute atomic E-state index is 4.32. The Kier molecular flexibility index (Phi) is 12.8. The van der Waals surface area contributed by atoms with Crippen molar-refractivity contribution in [3.63, 3.8) is 0 Å². The first-order chi connectivity index (χ1) is 12.3. The highest BCUT2D eigenvalue weighted by Gasteiger charge is 2.00. The summed E-state index contributed by atoms with van der Waals surface area (Å²) in [7, 11) is 1.80. The SMILES string of the molecule is CN=C(NCCCCSc1ccccc1Br)NCCc1ccccn1.I. The Balaban J connectivity index is 0.00000338. The number of guanidine groups is 1. The Labute approximate surface area is 186 Å². The molecule has 142 valence electrons. The van der Waals surface area contributed by atoms with Gasteiger partial charge in [0.05, 0.1) is 0 Å². The van der Waals surface area contributed by atoms with Crippen LogP contribution in [0.1, 0.15) is 18.5 Å². The lowest BCUT2D eigenvalue weighted by atomic mass is 10.3. The van der Waals surface area contributed by atoms with Gasteiger partial charge in [0.15, 0.2) is 5.96 Å². The zero-order valence-electron chi connectivity index (χ0n) is 15.0. The first-order valence-corrected chi connectivity index (χ1v) is 10.3. The van der Waals surface area contributed by atoms with Crippen molar-refractivity contribution >= 4 is 57.6 Å². The van der Waals surface area contributed by atoms with Gasteiger partial charge in [-0.3, -0.25) is 9.98 Å². The smallest absolute Gasteiger partial charge is 0.190 e. The molecule has 1 aromatic carbocycles. The fourth-order valence-electron chi connectivity index (χ4n) is 2.25. The molecule has 2 rings (SSSR count). The summed E-state index contributed by atoms with van der Waals surface area (Å²) >= 11 is 5.48. The van der Waals surface area contributed by atoms with E-state index in [0.29, 0.717) is 0 Å². The van der Waals surface area contributed by atoms with E-state index >= 15 is 0 Å². The summed E-state index contributed by atoms with van der Waals surface area (Å²) in [5.41, 5.74) is 1.09. The molecule has 7 heteroatoms. The second kappa shape index (κ2) is 14.3. The third-order valence-electron chi connectivity index (χ3n) is 3.58. The van der Waals surface area contributed by atoms with Crippen LogP contribution in [0, 0.1) is 0 Å². The zero-order chi connectivity index (χ0) is 17.7. The number of hydrogen-bond donors (Lipinski definition) is 2. The number of unbranched alkanes of at least 4 members (excludes halogenated alkanes) is 1. The van der Waals surface area contributed by atoms with Crippen molar-refractivity contribution in [2.75, 3.05) is 25.9 Å². The lowest BCUT2D eigenvalue weighted by Gasteiger charge is -2.11. The molecule has 2 aromatic rings. The second-order valence-corrected chi connectivity index (χ2v) is 7.47. The molecule has 0 amide bonds. The van der Waals surface area contributed by atoms with Gasteiger partial charge in [-0.05, 0) is 58.8 Å². The van der Waals surface area contributed by atoms with Crippen LogP contribution in [0.5, 0.6) is 0 Å². The molecule has 0 atom stereocenters. The molecule has 0 aliphatic heterocycles. The summed E-state index contributed by atoms with van der Waals surface area (Å²) < 4.78 is 1.18. The van der Waals surface area contributed by atoms with Crippen LogP contribution >= 0.6 is 51.7 Å². The predicted molar refractivity (Wildman–Crippen MR) is 127 cm³/mol. The molecule has 0 aliphatic rings. The van der Waals surface area contributed by atoms with Crippen LogP contribution < -0.4 is 10.6 Å². The van der Waals surface area contributed by atoms with E-state index in [-0.39, 0.29) is 24.0 Å². The average molecular weight is 549 g/mol.